The lowest BCUT2D eigenvalue weighted by molar-refractivity contribution is -0.917. The minimum atomic E-state index is 0.320. The van der Waals surface area contributed by atoms with Crippen LogP contribution in [0.1, 0.15) is 5.56 Å². The van der Waals surface area contributed by atoms with Crippen molar-refractivity contribution in [1.29, 1.82) is 0 Å². The highest BCUT2D eigenvalue weighted by Gasteiger charge is 2.23. The molecule has 2 aliphatic rings. The molecule has 2 aromatic carbocycles. The molecule has 0 amide bonds. The van der Waals surface area contributed by atoms with Gasteiger partial charge in [0.05, 0.1) is 36.9 Å². The van der Waals surface area contributed by atoms with Crippen LogP contribution in [-0.2, 0) is 6.54 Å². The topological polar surface area (TPSA) is 38.2 Å². The van der Waals surface area contributed by atoms with Crippen molar-refractivity contribution < 1.29 is 14.4 Å². The van der Waals surface area contributed by atoms with Crippen molar-refractivity contribution in [2.24, 2.45) is 0 Å². The van der Waals surface area contributed by atoms with Gasteiger partial charge in [0.15, 0.2) is 16.6 Å². The first kappa shape index (κ1) is 17.4. The third-order valence-corrected chi connectivity index (χ3v) is 5.45. The SMILES string of the molecule is S=C(Nc1ccccc1Cl)N1CC[NH+](Cc2ccc3c(c2)OCO3)CC1. The summed E-state index contributed by atoms with van der Waals surface area (Å²) in [4.78, 5) is 3.75. The van der Waals surface area contributed by atoms with Gasteiger partial charge in [-0.2, -0.15) is 0 Å². The number of thiocarbonyl (C=S) groups is 1. The van der Waals surface area contributed by atoms with Crippen LogP contribution in [0.4, 0.5) is 5.69 Å². The summed E-state index contributed by atoms with van der Waals surface area (Å²) in [5, 5.41) is 4.68. The number of ether oxygens (including phenoxy) is 2. The van der Waals surface area contributed by atoms with Gasteiger partial charge in [-0.25, -0.2) is 0 Å². The van der Waals surface area contributed by atoms with E-state index in [2.05, 4.69) is 22.3 Å². The molecule has 26 heavy (non-hydrogen) atoms. The zero-order valence-corrected chi connectivity index (χ0v) is 15.9. The summed E-state index contributed by atoms with van der Waals surface area (Å²) in [5.41, 5.74) is 2.13. The number of anilines is 1. The Kier molecular flexibility index (Phi) is 5.15. The van der Waals surface area contributed by atoms with Crippen LogP contribution >= 0.6 is 23.8 Å². The number of halogens is 1. The van der Waals surface area contributed by atoms with Crippen molar-refractivity contribution in [1.82, 2.24) is 4.90 Å². The minimum Gasteiger partial charge on any atom is -0.454 e. The number of quaternary nitrogens is 1. The standard InChI is InChI=1S/C19H20ClN3O2S/c20-15-3-1-2-4-16(15)21-19(26)23-9-7-22(8-10-23)12-14-5-6-17-18(11-14)25-13-24-17/h1-6,11H,7-10,12-13H2,(H,21,26)/p+1. The van der Waals surface area contributed by atoms with Gasteiger partial charge in [-0.05, 0) is 42.5 Å². The maximum atomic E-state index is 6.20. The first-order valence-electron chi connectivity index (χ1n) is 8.71. The van der Waals surface area contributed by atoms with Crippen LogP contribution in [-0.4, -0.2) is 43.0 Å². The van der Waals surface area contributed by atoms with Crippen molar-refractivity contribution in [3.05, 3.63) is 53.1 Å². The second-order valence-corrected chi connectivity index (χ2v) is 7.31. The quantitative estimate of drug-likeness (QED) is 0.786. The molecule has 1 fully saturated rings. The van der Waals surface area contributed by atoms with E-state index in [1.165, 1.54) is 5.56 Å². The molecule has 0 unspecified atom stereocenters. The average Bonchev–Trinajstić information content (AvgIpc) is 3.12. The highest BCUT2D eigenvalue weighted by Crippen LogP contribution is 2.32. The highest BCUT2D eigenvalue weighted by atomic mass is 35.5. The third kappa shape index (κ3) is 3.87. The maximum absolute atomic E-state index is 6.20. The molecule has 4 rings (SSSR count). The van der Waals surface area contributed by atoms with E-state index in [-0.39, 0.29) is 0 Å². The van der Waals surface area contributed by atoms with E-state index in [1.807, 2.05) is 30.3 Å². The molecule has 0 bridgehead atoms. The van der Waals surface area contributed by atoms with E-state index >= 15 is 0 Å². The molecule has 2 N–H and O–H groups in total. The lowest BCUT2D eigenvalue weighted by Crippen LogP contribution is -3.13. The fraction of sp³-hybridized carbons (Fsp3) is 0.316. The summed E-state index contributed by atoms with van der Waals surface area (Å²) in [6.07, 6.45) is 0. The van der Waals surface area contributed by atoms with Crippen LogP contribution in [0, 0.1) is 0 Å². The Hall–Kier alpha value is -2.02. The monoisotopic (exact) mass is 390 g/mol. The largest absolute Gasteiger partial charge is 0.454 e. The highest BCUT2D eigenvalue weighted by molar-refractivity contribution is 7.80. The molecule has 136 valence electrons. The second-order valence-electron chi connectivity index (χ2n) is 6.51. The van der Waals surface area contributed by atoms with E-state index in [4.69, 9.17) is 33.3 Å². The average molecular weight is 391 g/mol. The Labute approximate surface area is 163 Å². The number of benzene rings is 2. The minimum absolute atomic E-state index is 0.320. The Morgan fingerprint density at radius 3 is 2.69 bits per heavy atom. The van der Waals surface area contributed by atoms with E-state index in [9.17, 15) is 0 Å². The Bertz CT molecular complexity index is 809. The number of hydrogen-bond acceptors (Lipinski definition) is 3. The molecule has 0 spiro atoms. The maximum Gasteiger partial charge on any atom is 0.231 e. The van der Waals surface area contributed by atoms with Crippen LogP contribution in [0.3, 0.4) is 0 Å². The Morgan fingerprint density at radius 1 is 1.12 bits per heavy atom. The Morgan fingerprint density at radius 2 is 1.88 bits per heavy atom. The van der Waals surface area contributed by atoms with Gasteiger partial charge in [0.2, 0.25) is 6.79 Å². The number of fused-ring (bicyclic) bond motifs is 1. The van der Waals surface area contributed by atoms with Crippen LogP contribution in [0.15, 0.2) is 42.5 Å². The van der Waals surface area contributed by atoms with Gasteiger partial charge in [-0.3, -0.25) is 0 Å². The molecule has 2 heterocycles. The molecule has 0 saturated carbocycles. The molecular weight excluding hydrogens is 370 g/mol. The van der Waals surface area contributed by atoms with Crippen molar-refractivity contribution in [3.63, 3.8) is 0 Å². The van der Waals surface area contributed by atoms with Gasteiger partial charge in [-0.1, -0.05) is 23.7 Å². The number of piperazine rings is 1. The van der Waals surface area contributed by atoms with Crippen LogP contribution in [0.5, 0.6) is 11.5 Å². The van der Waals surface area contributed by atoms with Gasteiger partial charge in [-0.15, -0.1) is 0 Å². The smallest absolute Gasteiger partial charge is 0.231 e. The normalized spacial score (nSPS) is 16.6. The number of rotatable bonds is 3. The molecular formula is C19H21ClN3O2S+. The fourth-order valence-electron chi connectivity index (χ4n) is 3.30. The summed E-state index contributed by atoms with van der Waals surface area (Å²) >= 11 is 11.8. The molecule has 0 aliphatic carbocycles. The van der Waals surface area contributed by atoms with Gasteiger partial charge >= 0.3 is 0 Å². The number of para-hydroxylation sites is 1. The van der Waals surface area contributed by atoms with Gasteiger partial charge in [0.25, 0.3) is 0 Å². The van der Waals surface area contributed by atoms with Crippen molar-refractivity contribution in [2.75, 3.05) is 38.3 Å². The van der Waals surface area contributed by atoms with Crippen molar-refractivity contribution in [2.45, 2.75) is 6.54 Å². The fourth-order valence-corrected chi connectivity index (χ4v) is 3.77. The molecule has 0 atom stereocenters. The third-order valence-electron chi connectivity index (χ3n) is 4.76. The summed E-state index contributed by atoms with van der Waals surface area (Å²) in [6, 6.07) is 13.9. The molecule has 2 aliphatic heterocycles. The predicted molar refractivity (Wildman–Crippen MR) is 106 cm³/mol. The molecule has 0 radical (unpaired) electrons. The summed E-state index contributed by atoms with van der Waals surface area (Å²) < 4.78 is 10.8. The zero-order chi connectivity index (χ0) is 17.9. The lowest BCUT2D eigenvalue weighted by atomic mass is 10.1. The van der Waals surface area contributed by atoms with E-state index in [0.29, 0.717) is 11.8 Å². The second kappa shape index (κ2) is 7.70. The number of nitrogens with zero attached hydrogens (tertiary/aromatic N) is 1. The van der Waals surface area contributed by atoms with Crippen molar-refractivity contribution >= 4 is 34.6 Å². The Balaban J connectivity index is 1.30. The molecule has 2 aromatic rings. The summed E-state index contributed by atoms with van der Waals surface area (Å²) in [5.74, 6) is 1.69. The molecule has 5 nitrogen and oxygen atoms in total. The van der Waals surface area contributed by atoms with E-state index in [0.717, 1.165) is 55.0 Å². The molecule has 0 aromatic heterocycles. The van der Waals surface area contributed by atoms with E-state index in [1.54, 1.807) is 4.90 Å². The van der Waals surface area contributed by atoms with Crippen LogP contribution < -0.4 is 19.7 Å². The molecule has 7 heteroatoms. The van der Waals surface area contributed by atoms with Crippen LogP contribution in [0.2, 0.25) is 5.02 Å². The van der Waals surface area contributed by atoms with E-state index < -0.39 is 0 Å². The van der Waals surface area contributed by atoms with Crippen LogP contribution in [0.25, 0.3) is 0 Å². The number of nitrogens with one attached hydrogen (secondary N) is 2. The molecule has 1 saturated heterocycles. The van der Waals surface area contributed by atoms with Gasteiger partial charge < -0.3 is 24.6 Å². The van der Waals surface area contributed by atoms with Gasteiger partial charge in [0, 0.05) is 5.56 Å². The van der Waals surface area contributed by atoms with Gasteiger partial charge in [0.1, 0.15) is 6.54 Å². The summed E-state index contributed by atoms with van der Waals surface area (Å²) in [7, 11) is 0. The summed E-state index contributed by atoms with van der Waals surface area (Å²) in [6.45, 7) is 5.24. The zero-order valence-electron chi connectivity index (χ0n) is 14.3. The predicted octanol–water partition coefficient (Wildman–Crippen LogP) is 2.17. The number of hydrogen-bond donors (Lipinski definition) is 2. The van der Waals surface area contributed by atoms with Crippen molar-refractivity contribution in [3.8, 4) is 11.5 Å². The lowest BCUT2D eigenvalue weighted by Gasteiger charge is -2.34. The first-order valence-corrected chi connectivity index (χ1v) is 9.50. The first-order chi connectivity index (χ1) is 12.7.